The molecule has 0 aliphatic heterocycles. The molecule has 0 radical (unpaired) electrons. The smallest absolute Gasteiger partial charge is 0.223 e. The molecule has 2 aliphatic carbocycles. The van der Waals surface area contributed by atoms with Gasteiger partial charge in [0.05, 0.1) is 17.9 Å². The van der Waals surface area contributed by atoms with E-state index in [0.29, 0.717) is 17.9 Å². The molecule has 3 unspecified atom stereocenters. The first-order chi connectivity index (χ1) is 13.2. The maximum absolute atomic E-state index is 13.0. The van der Waals surface area contributed by atoms with Gasteiger partial charge in [0, 0.05) is 12.0 Å². The second-order valence-corrected chi connectivity index (χ2v) is 8.21. The highest BCUT2D eigenvalue weighted by Crippen LogP contribution is 2.42. The van der Waals surface area contributed by atoms with Gasteiger partial charge in [0.25, 0.3) is 0 Å². The van der Waals surface area contributed by atoms with E-state index in [-0.39, 0.29) is 17.9 Å². The summed E-state index contributed by atoms with van der Waals surface area (Å²) in [4.78, 5) is 20.9. The largest absolute Gasteiger partial charge is 0.346 e. The third kappa shape index (κ3) is 3.79. The second-order valence-electron chi connectivity index (χ2n) is 8.21. The number of carbonyl (C=O) groups excluding carboxylic acids is 1. The van der Waals surface area contributed by atoms with Gasteiger partial charge >= 0.3 is 0 Å². The van der Waals surface area contributed by atoms with Crippen molar-refractivity contribution < 1.29 is 4.79 Å². The van der Waals surface area contributed by atoms with Gasteiger partial charge < -0.3 is 16.0 Å². The van der Waals surface area contributed by atoms with Gasteiger partial charge in [0.2, 0.25) is 5.91 Å². The number of amides is 1. The zero-order chi connectivity index (χ0) is 18.8. The lowest BCUT2D eigenvalue weighted by atomic mass is 9.65. The summed E-state index contributed by atoms with van der Waals surface area (Å²) in [5.74, 6) is 2.13. The molecule has 0 saturated heterocycles. The Morgan fingerprint density at radius 1 is 1.26 bits per heavy atom. The standard InChI is InChI=1S/C22H30N4O/c1-2-18(21-24-13-19(25-21)14-7-4-3-5-8-14)26-22(27)17-11-15-9-6-10-16(12-17)20(15)23/h3-5,7-8,13,15-18,20H,2,6,9-12,23H2,1H3,(H,24,25)(H,26,27). The number of fused-ring (bicyclic) bond motifs is 2. The summed E-state index contributed by atoms with van der Waals surface area (Å²) >= 11 is 0. The molecule has 1 aromatic heterocycles. The molecule has 2 aliphatic rings. The Morgan fingerprint density at radius 2 is 1.96 bits per heavy atom. The third-order valence-electron chi connectivity index (χ3n) is 6.52. The summed E-state index contributed by atoms with van der Waals surface area (Å²) in [5.41, 5.74) is 8.46. The molecule has 0 spiro atoms. The Hall–Kier alpha value is -2.14. The second kappa shape index (κ2) is 7.85. The molecule has 2 fully saturated rings. The molecule has 1 amide bonds. The monoisotopic (exact) mass is 366 g/mol. The van der Waals surface area contributed by atoms with E-state index >= 15 is 0 Å². The summed E-state index contributed by atoms with van der Waals surface area (Å²) in [6.45, 7) is 2.08. The number of rotatable bonds is 5. The highest BCUT2D eigenvalue weighted by molar-refractivity contribution is 5.79. The molecule has 3 atom stereocenters. The van der Waals surface area contributed by atoms with E-state index in [1.54, 1.807) is 0 Å². The minimum Gasteiger partial charge on any atom is -0.346 e. The van der Waals surface area contributed by atoms with Crippen molar-refractivity contribution >= 4 is 5.91 Å². The molecule has 1 aromatic carbocycles. The molecule has 2 aromatic rings. The van der Waals surface area contributed by atoms with Crippen LogP contribution in [-0.4, -0.2) is 21.9 Å². The van der Waals surface area contributed by atoms with Crippen LogP contribution in [0.1, 0.15) is 57.3 Å². The number of aromatic amines is 1. The van der Waals surface area contributed by atoms with Crippen LogP contribution < -0.4 is 11.1 Å². The number of H-pyrrole nitrogens is 1. The van der Waals surface area contributed by atoms with Crippen LogP contribution in [0.4, 0.5) is 0 Å². The molecular weight excluding hydrogens is 336 g/mol. The van der Waals surface area contributed by atoms with Crippen LogP contribution in [0, 0.1) is 17.8 Å². The predicted octanol–water partition coefficient (Wildman–Crippen LogP) is 3.80. The van der Waals surface area contributed by atoms with Crippen LogP contribution in [0.2, 0.25) is 0 Å². The minimum atomic E-state index is -0.0783. The van der Waals surface area contributed by atoms with Crippen molar-refractivity contribution in [2.24, 2.45) is 23.5 Å². The Bertz CT molecular complexity index is 758. The van der Waals surface area contributed by atoms with Gasteiger partial charge in [-0.25, -0.2) is 4.98 Å². The number of aromatic nitrogens is 2. The van der Waals surface area contributed by atoms with Crippen molar-refractivity contribution in [2.45, 2.75) is 57.5 Å². The van der Waals surface area contributed by atoms with Crippen LogP contribution in [0.25, 0.3) is 11.3 Å². The zero-order valence-electron chi connectivity index (χ0n) is 16.0. The van der Waals surface area contributed by atoms with Crippen molar-refractivity contribution in [1.29, 1.82) is 0 Å². The van der Waals surface area contributed by atoms with Crippen molar-refractivity contribution in [1.82, 2.24) is 15.3 Å². The summed E-state index contributed by atoms with van der Waals surface area (Å²) in [6, 6.07) is 10.4. The van der Waals surface area contributed by atoms with Crippen LogP contribution in [0.5, 0.6) is 0 Å². The van der Waals surface area contributed by atoms with Gasteiger partial charge in [-0.2, -0.15) is 0 Å². The molecule has 5 nitrogen and oxygen atoms in total. The van der Waals surface area contributed by atoms with E-state index in [9.17, 15) is 4.79 Å². The highest BCUT2D eigenvalue weighted by atomic mass is 16.2. The Balaban J connectivity index is 1.43. The Morgan fingerprint density at radius 3 is 2.63 bits per heavy atom. The maximum atomic E-state index is 13.0. The fourth-order valence-electron chi connectivity index (χ4n) is 4.93. The molecule has 27 heavy (non-hydrogen) atoms. The van der Waals surface area contributed by atoms with Crippen LogP contribution in [0.15, 0.2) is 36.5 Å². The fraction of sp³-hybridized carbons (Fsp3) is 0.545. The summed E-state index contributed by atoms with van der Waals surface area (Å²) in [5, 5.41) is 3.25. The normalized spacial score (nSPS) is 28.5. The lowest BCUT2D eigenvalue weighted by molar-refractivity contribution is -0.128. The zero-order valence-corrected chi connectivity index (χ0v) is 16.0. The van der Waals surface area contributed by atoms with E-state index in [4.69, 9.17) is 5.73 Å². The van der Waals surface area contributed by atoms with Crippen molar-refractivity contribution in [2.75, 3.05) is 0 Å². The van der Waals surface area contributed by atoms with Crippen LogP contribution in [-0.2, 0) is 4.79 Å². The van der Waals surface area contributed by atoms with E-state index in [1.165, 1.54) is 19.3 Å². The van der Waals surface area contributed by atoms with E-state index in [0.717, 1.165) is 36.3 Å². The quantitative estimate of drug-likeness (QED) is 0.752. The number of carbonyl (C=O) groups is 1. The van der Waals surface area contributed by atoms with Crippen LogP contribution in [0.3, 0.4) is 0 Å². The number of nitrogens with two attached hydrogens (primary N) is 1. The van der Waals surface area contributed by atoms with Gasteiger partial charge in [-0.1, -0.05) is 43.7 Å². The number of hydrogen-bond acceptors (Lipinski definition) is 3. The third-order valence-corrected chi connectivity index (χ3v) is 6.52. The number of nitrogens with one attached hydrogen (secondary N) is 2. The van der Waals surface area contributed by atoms with Crippen LogP contribution >= 0.6 is 0 Å². The maximum Gasteiger partial charge on any atom is 0.223 e. The minimum absolute atomic E-state index is 0.0783. The summed E-state index contributed by atoms with van der Waals surface area (Å²) < 4.78 is 0. The Labute approximate surface area is 161 Å². The van der Waals surface area contributed by atoms with Crippen molar-refractivity contribution in [3.05, 3.63) is 42.4 Å². The Kier molecular flexibility index (Phi) is 5.30. The fourth-order valence-corrected chi connectivity index (χ4v) is 4.93. The highest BCUT2D eigenvalue weighted by Gasteiger charge is 2.40. The number of imidazole rings is 1. The number of hydrogen-bond donors (Lipinski definition) is 3. The first kappa shape index (κ1) is 18.2. The summed E-state index contributed by atoms with van der Waals surface area (Å²) in [7, 11) is 0. The topological polar surface area (TPSA) is 83.8 Å². The first-order valence-electron chi connectivity index (χ1n) is 10.3. The molecule has 144 valence electrons. The number of nitrogens with zero attached hydrogens (tertiary/aromatic N) is 1. The van der Waals surface area contributed by atoms with Gasteiger partial charge in [-0.3, -0.25) is 4.79 Å². The molecule has 4 N–H and O–H groups in total. The molecular formula is C22H30N4O. The average Bonchev–Trinajstić information content (AvgIpc) is 3.16. The average molecular weight is 367 g/mol. The van der Waals surface area contributed by atoms with Gasteiger partial charge in [0.15, 0.2) is 0 Å². The van der Waals surface area contributed by atoms with E-state index in [2.05, 4.69) is 34.3 Å². The molecule has 2 saturated carbocycles. The van der Waals surface area contributed by atoms with Gasteiger partial charge in [0.1, 0.15) is 5.82 Å². The van der Waals surface area contributed by atoms with Crippen molar-refractivity contribution in [3.8, 4) is 11.3 Å². The molecule has 4 rings (SSSR count). The molecule has 2 bridgehead atoms. The predicted molar refractivity (Wildman–Crippen MR) is 107 cm³/mol. The SMILES string of the molecule is CCC(NC(=O)C1CC2CCCC(C1)C2N)c1ncc(-c2ccccc2)[nH]1. The first-order valence-corrected chi connectivity index (χ1v) is 10.3. The molecule has 5 heteroatoms. The lowest BCUT2D eigenvalue weighted by Crippen LogP contribution is -2.49. The van der Waals surface area contributed by atoms with E-state index < -0.39 is 0 Å². The van der Waals surface area contributed by atoms with Gasteiger partial charge in [-0.15, -0.1) is 0 Å². The number of benzene rings is 1. The summed E-state index contributed by atoms with van der Waals surface area (Å²) in [6.07, 6.45) is 8.16. The van der Waals surface area contributed by atoms with Gasteiger partial charge in [-0.05, 0) is 49.5 Å². The van der Waals surface area contributed by atoms with E-state index in [1.807, 2.05) is 24.4 Å². The van der Waals surface area contributed by atoms with Crippen molar-refractivity contribution in [3.63, 3.8) is 0 Å². The molecule has 1 heterocycles. The lowest BCUT2D eigenvalue weighted by Gasteiger charge is -2.43.